The average Bonchev–Trinajstić information content (AvgIpc) is 3.69. The van der Waals surface area contributed by atoms with Crippen molar-refractivity contribution in [3.8, 4) is 5.82 Å². The third kappa shape index (κ3) is 3.34. The van der Waals surface area contributed by atoms with Crippen LogP contribution in [0, 0.1) is 5.41 Å². The van der Waals surface area contributed by atoms with Crippen molar-refractivity contribution in [3.63, 3.8) is 0 Å². The molecule has 1 fully saturated rings. The third-order valence-electron chi connectivity index (χ3n) is 7.44. The first-order chi connectivity index (χ1) is 17.6. The summed E-state index contributed by atoms with van der Waals surface area (Å²) in [6.45, 7) is 2.71. The summed E-state index contributed by atoms with van der Waals surface area (Å²) in [6, 6.07) is 5.81. The maximum atomic E-state index is 6.71. The van der Waals surface area contributed by atoms with Gasteiger partial charge in [-0.05, 0) is 31.0 Å². The van der Waals surface area contributed by atoms with E-state index in [1.165, 1.54) is 11.8 Å². The summed E-state index contributed by atoms with van der Waals surface area (Å²) in [5, 5.41) is 10.1. The minimum absolute atomic E-state index is 0.0315. The molecule has 12 heteroatoms. The van der Waals surface area contributed by atoms with Crippen molar-refractivity contribution in [2.75, 3.05) is 18.0 Å². The SMILES string of the molecule is N[C@@H]1c2ccnn2CC12CCN(c1cnc(Sc3ccnc(-n4cccn4)c3Cl)c3cncn13)CC2. The molecule has 0 aliphatic carbocycles. The number of halogens is 1. The molecule has 0 saturated carbocycles. The van der Waals surface area contributed by atoms with Gasteiger partial charge in [-0.1, -0.05) is 23.4 Å². The highest BCUT2D eigenvalue weighted by molar-refractivity contribution is 7.99. The predicted molar refractivity (Wildman–Crippen MR) is 137 cm³/mol. The van der Waals surface area contributed by atoms with Gasteiger partial charge in [0.2, 0.25) is 0 Å². The molecule has 5 aromatic rings. The minimum atomic E-state index is 0.0315. The van der Waals surface area contributed by atoms with Crippen LogP contribution in [-0.4, -0.2) is 52.0 Å². The zero-order chi connectivity index (χ0) is 24.3. The Morgan fingerprint density at radius 3 is 2.75 bits per heavy atom. The molecule has 7 rings (SSSR count). The van der Waals surface area contributed by atoms with Crippen LogP contribution in [0.15, 0.2) is 71.6 Å². The monoisotopic (exact) mass is 518 g/mol. The van der Waals surface area contributed by atoms with Crippen LogP contribution in [-0.2, 0) is 6.54 Å². The average molecular weight is 519 g/mol. The second-order valence-corrected chi connectivity index (χ2v) is 10.7. The van der Waals surface area contributed by atoms with E-state index in [0.717, 1.165) is 59.4 Å². The van der Waals surface area contributed by atoms with Gasteiger partial charge in [0.25, 0.3) is 0 Å². The lowest BCUT2D eigenvalue weighted by molar-refractivity contribution is 0.170. The van der Waals surface area contributed by atoms with E-state index in [0.29, 0.717) is 10.8 Å². The lowest BCUT2D eigenvalue weighted by Gasteiger charge is -2.42. The molecule has 2 aliphatic heterocycles. The van der Waals surface area contributed by atoms with E-state index >= 15 is 0 Å². The van der Waals surface area contributed by atoms with Gasteiger partial charge in [0.15, 0.2) is 5.82 Å². The summed E-state index contributed by atoms with van der Waals surface area (Å²) < 4.78 is 5.84. The maximum absolute atomic E-state index is 6.71. The molecular weight excluding hydrogens is 496 g/mol. The molecule has 2 aliphatic rings. The van der Waals surface area contributed by atoms with Crippen LogP contribution in [0.4, 0.5) is 5.82 Å². The van der Waals surface area contributed by atoms with Gasteiger partial charge in [-0.2, -0.15) is 10.2 Å². The van der Waals surface area contributed by atoms with E-state index in [4.69, 9.17) is 22.3 Å². The number of anilines is 1. The van der Waals surface area contributed by atoms with Crippen LogP contribution in [0.5, 0.6) is 0 Å². The fraction of sp³-hybridized carbons (Fsp3) is 0.292. The second-order valence-electron chi connectivity index (χ2n) is 9.31. The Morgan fingerprint density at radius 1 is 1.06 bits per heavy atom. The predicted octanol–water partition coefficient (Wildman–Crippen LogP) is 3.61. The summed E-state index contributed by atoms with van der Waals surface area (Å²) in [4.78, 5) is 16.9. The number of hydrogen-bond donors (Lipinski definition) is 1. The highest BCUT2D eigenvalue weighted by Crippen LogP contribution is 2.48. The zero-order valence-corrected chi connectivity index (χ0v) is 20.8. The first-order valence-electron chi connectivity index (χ1n) is 11.8. The van der Waals surface area contributed by atoms with E-state index in [1.807, 2.05) is 49.3 Å². The largest absolute Gasteiger partial charge is 0.356 e. The highest BCUT2D eigenvalue weighted by Gasteiger charge is 2.47. The zero-order valence-electron chi connectivity index (χ0n) is 19.3. The Kier molecular flexibility index (Phi) is 5.05. The number of hydrogen-bond acceptors (Lipinski definition) is 8. The van der Waals surface area contributed by atoms with Gasteiger partial charge in [-0.15, -0.1) is 0 Å². The summed E-state index contributed by atoms with van der Waals surface area (Å²) >= 11 is 8.20. The second kappa shape index (κ2) is 8.32. The molecule has 182 valence electrons. The van der Waals surface area contributed by atoms with Crippen LogP contribution in [0.3, 0.4) is 0 Å². The first-order valence-corrected chi connectivity index (χ1v) is 13.0. The summed E-state index contributed by atoms with van der Waals surface area (Å²) in [5.41, 5.74) is 8.83. The summed E-state index contributed by atoms with van der Waals surface area (Å²) in [7, 11) is 0. The Morgan fingerprint density at radius 2 is 1.94 bits per heavy atom. The molecule has 1 spiro atoms. The Hall–Kier alpha value is -3.41. The molecule has 0 unspecified atom stereocenters. The van der Waals surface area contributed by atoms with Crippen LogP contribution in [0.2, 0.25) is 5.02 Å². The normalized spacial score (nSPS) is 18.8. The fourth-order valence-corrected chi connectivity index (χ4v) is 6.64. The first kappa shape index (κ1) is 21.8. The molecule has 1 atom stereocenters. The Balaban J connectivity index is 1.15. The summed E-state index contributed by atoms with van der Waals surface area (Å²) in [6.07, 6.45) is 14.7. The Bertz CT molecular complexity index is 1550. The van der Waals surface area contributed by atoms with Gasteiger partial charge in [0.1, 0.15) is 17.2 Å². The molecule has 0 radical (unpaired) electrons. The topological polar surface area (TPSA) is 108 Å². The van der Waals surface area contributed by atoms with Gasteiger partial charge in [0, 0.05) is 54.7 Å². The van der Waals surface area contributed by atoms with E-state index in [1.54, 1.807) is 17.1 Å². The van der Waals surface area contributed by atoms with Crippen LogP contribution in [0.25, 0.3) is 11.3 Å². The lowest BCUT2D eigenvalue weighted by atomic mass is 9.73. The van der Waals surface area contributed by atoms with Gasteiger partial charge < -0.3 is 10.6 Å². The number of rotatable bonds is 4. The Labute approximate surface area is 216 Å². The lowest BCUT2D eigenvalue weighted by Crippen LogP contribution is -2.45. The molecule has 0 aromatic carbocycles. The van der Waals surface area contributed by atoms with Crippen molar-refractivity contribution in [1.29, 1.82) is 0 Å². The van der Waals surface area contributed by atoms with Crippen molar-refractivity contribution >= 4 is 34.7 Å². The molecule has 10 nitrogen and oxygen atoms in total. The molecule has 7 heterocycles. The van der Waals surface area contributed by atoms with Gasteiger partial charge in [-0.3, -0.25) is 9.08 Å². The fourth-order valence-electron chi connectivity index (χ4n) is 5.45. The molecule has 2 N–H and O–H groups in total. The van der Waals surface area contributed by atoms with Crippen molar-refractivity contribution in [3.05, 3.63) is 72.4 Å². The number of aromatic nitrogens is 8. The van der Waals surface area contributed by atoms with Crippen LogP contribution >= 0.6 is 23.4 Å². The molecule has 1 saturated heterocycles. The number of fused-ring (bicyclic) bond motifs is 2. The van der Waals surface area contributed by atoms with Crippen molar-refractivity contribution in [1.82, 2.24) is 38.9 Å². The number of pyridine rings is 1. The number of nitrogens with zero attached hydrogens (tertiary/aromatic N) is 9. The minimum Gasteiger partial charge on any atom is -0.356 e. The van der Waals surface area contributed by atoms with Gasteiger partial charge >= 0.3 is 0 Å². The third-order valence-corrected chi connectivity index (χ3v) is 8.99. The number of nitrogens with two attached hydrogens (primary N) is 1. The van der Waals surface area contributed by atoms with E-state index in [2.05, 4.69) is 34.1 Å². The maximum Gasteiger partial charge on any atom is 0.173 e. The summed E-state index contributed by atoms with van der Waals surface area (Å²) in [5.74, 6) is 1.62. The quantitative estimate of drug-likeness (QED) is 0.384. The van der Waals surface area contributed by atoms with Gasteiger partial charge in [0.05, 0.1) is 34.7 Å². The van der Waals surface area contributed by atoms with Crippen LogP contribution in [0.1, 0.15) is 24.6 Å². The molecule has 36 heavy (non-hydrogen) atoms. The van der Waals surface area contributed by atoms with Crippen molar-refractivity contribution < 1.29 is 0 Å². The molecule has 0 bridgehead atoms. The molecule has 0 amide bonds. The van der Waals surface area contributed by atoms with E-state index in [-0.39, 0.29) is 11.5 Å². The number of piperidine rings is 1. The highest BCUT2D eigenvalue weighted by atomic mass is 35.5. The molecular formula is C24H23ClN10S. The van der Waals surface area contributed by atoms with Crippen LogP contribution < -0.4 is 10.6 Å². The van der Waals surface area contributed by atoms with Crippen molar-refractivity contribution in [2.24, 2.45) is 11.1 Å². The number of imidazole rings is 1. The smallest absolute Gasteiger partial charge is 0.173 e. The molecule has 5 aromatic heterocycles. The van der Waals surface area contributed by atoms with Crippen molar-refractivity contribution in [2.45, 2.75) is 35.3 Å². The standard InChI is InChI=1S/C24H23ClN10S/c25-20-18(3-7-28-22(20)34-9-1-6-30-34)36-23-17-12-27-15-33(17)19(13-29-23)32-10-4-24(5-11-32)14-35-16(21(24)26)2-8-31-35/h1-3,6-9,12-13,15,21H,4-5,10-11,14,26H2/t21-/m1/s1. The van der Waals surface area contributed by atoms with E-state index in [9.17, 15) is 0 Å². The van der Waals surface area contributed by atoms with E-state index < -0.39 is 0 Å². The van der Waals surface area contributed by atoms with Gasteiger partial charge in [-0.25, -0.2) is 19.6 Å².